The first-order valence-electron chi connectivity index (χ1n) is 15.8. The Labute approximate surface area is 260 Å². The number of benzene rings is 1. The Kier molecular flexibility index (Phi) is 10.5. The van der Waals surface area contributed by atoms with E-state index in [0.717, 1.165) is 87.8 Å². The Balaban J connectivity index is 1.18. The van der Waals surface area contributed by atoms with Crippen LogP contribution in [0.2, 0.25) is 0 Å². The number of ether oxygens (including phenoxy) is 1. The number of furan rings is 1. The fraction of sp³-hybridized carbons (Fsp3) is 0.486. The van der Waals surface area contributed by atoms with Crippen molar-refractivity contribution in [1.29, 1.82) is 0 Å². The lowest BCUT2D eigenvalue weighted by Crippen LogP contribution is -2.48. The van der Waals surface area contributed by atoms with Crippen LogP contribution in [-0.2, 0) is 20.7 Å². The van der Waals surface area contributed by atoms with Gasteiger partial charge in [0.2, 0.25) is 5.91 Å². The summed E-state index contributed by atoms with van der Waals surface area (Å²) in [5, 5.41) is 3.16. The van der Waals surface area contributed by atoms with E-state index < -0.39 is 0 Å². The molecule has 0 spiro atoms. The topological polar surface area (TPSA) is 105 Å². The van der Waals surface area contributed by atoms with E-state index in [1.807, 2.05) is 37.3 Å². The van der Waals surface area contributed by atoms with E-state index in [0.29, 0.717) is 24.4 Å². The molecule has 1 N–H and O–H groups in total. The van der Waals surface area contributed by atoms with Gasteiger partial charge < -0.3 is 19.4 Å². The van der Waals surface area contributed by atoms with Crippen molar-refractivity contribution in [2.75, 3.05) is 37.0 Å². The maximum atomic E-state index is 13.4. The molecule has 1 saturated heterocycles. The van der Waals surface area contributed by atoms with Gasteiger partial charge in [-0.15, -0.1) is 0 Å². The Bertz CT molecular complexity index is 1390. The molecule has 0 radical (unpaired) electrons. The third kappa shape index (κ3) is 7.94. The molecule has 1 aromatic carbocycles. The van der Waals surface area contributed by atoms with E-state index in [9.17, 15) is 14.4 Å². The molecule has 1 saturated carbocycles. The summed E-state index contributed by atoms with van der Waals surface area (Å²) >= 11 is 0. The number of pyridine rings is 1. The highest BCUT2D eigenvalue weighted by Gasteiger charge is 2.37. The molecule has 0 unspecified atom stereocenters. The van der Waals surface area contributed by atoms with Gasteiger partial charge in [0.25, 0.3) is 5.91 Å². The van der Waals surface area contributed by atoms with Crippen LogP contribution < -0.4 is 10.2 Å². The SMILES string of the molecule is COC(=O)CC1(CC(=O)Nc2ccccc2CCN2CCC(N(C(=O)c3ccco3)c3ccc(C)cn3)CC2)CCCCC1. The van der Waals surface area contributed by atoms with Gasteiger partial charge >= 0.3 is 5.97 Å². The maximum absolute atomic E-state index is 13.4. The fourth-order valence-electron chi connectivity index (χ4n) is 6.75. The predicted octanol–water partition coefficient (Wildman–Crippen LogP) is 6.18. The van der Waals surface area contributed by atoms with Gasteiger partial charge in [-0.2, -0.15) is 0 Å². The van der Waals surface area contributed by atoms with Crippen molar-refractivity contribution in [3.63, 3.8) is 0 Å². The van der Waals surface area contributed by atoms with Crippen molar-refractivity contribution in [3.8, 4) is 0 Å². The van der Waals surface area contributed by atoms with Crippen LogP contribution in [0.25, 0.3) is 0 Å². The molecule has 2 amide bonds. The molecule has 5 rings (SSSR count). The second-order valence-corrected chi connectivity index (χ2v) is 12.4. The van der Waals surface area contributed by atoms with Crippen molar-refractivity contribution in [2.45, 2.75) is 77.2 Å². The van der Waals surface area contributed by atoms with E-state index in [1.165, 1.54) is 13.4 Å². The average molecular weight is 601 g/mol. The normalized spacial score (nSPS) is 17.1. The largest absolute Gasteiger partial charge is 0.469 e. The predicted molar refractivity (Wildman–Crippen MR) is 169 cm³/mol. The van der Waals surface area contributed by atoms with Gasteiger partial charge in [0.1, 0.15) is 5.82 Å². The van der Waals surface area contributed by atoms with Crippen molar-refractivity contribution < 1.29 is 23.5 Å². The standard InChI is InChI=1S/C35H44N4O5/c1-26-12-13-31(36-25-26)39(34(42)30-11-8-22-44-30)28-15-20-38(21-16-28)19-14-27-9-4-5-10-29(27)37-32(40)23-35(24-33(41)43-2)17-6-3-7-18-35/h4-5,8-13,22,25,28H,3,6-7,14-21,23-24H2,1-2H3,(H,37,40). The van der Waals surface area contributed by atoms with Crippen molar-refractivity contribution in [2.24, 2.45) is 5.41 Å². The summed E-state index contributed by atoms with van der Waals surface area (Å²) in [6.07, 6.45) is 11.3. The van der Waals surface area contributed by atoms with E-state index >= 15 is 0 Å². The second kappa shape index (κ2) is 14.7. The van der Waals surface area contributed by atoms with Gasteiger partial charge in [0.05, 0.1) is 19.8 Å². The highest BCUT2D eigenvalue weighted by Crippen LogP contribution is 2.43. The van der Waals surface area contributed by atoms with Crippen LogP contribution >= 0.6 is 0 Å². The number of esters is 1. The van der Waals surface area contributed by atoms with Crippen LogP contribution in [0.5, 0.6) is 0 Å². The number of para-hydroxylation sites is 1. The number of aromatic nitrogens is 1. The van der Waals surface area contributed by atoms with Crippen molar-refractivity contribution >= 4 is 29.3 Å². The highest BCUT2D eigenvalue weighted by molar-refractivity contribution is 6.04. The second-order valence-electron chi connectivity index (χ2n) is 12.4. The summed E-state index contributed by atoms with van der Waals surface area (Å²) in [6.45, 7) is 4.53. The number of methoxy groups -OCH3 is 1. The first-order valence-corrected chi connectivity index (χ1v) is 15.8. The molecule has 1 aliphatic carbocycles. The Hall–Kier alpha value is -3.98. The summed E-state index contributed by atoms with van der Waals surface area (Å²) in [7, 11) is 1.41. The van der Waals surface area contributed by atoms with Crippen LogP contribution in [0.4, 0.5) is 11.5 Å². The molecular weight excluding hydrogens is 556 g/mol. The van der Waals surface area contributed by atoms with E-state index in [2.05, 4.69) is 21.3 Å². The quantitative estimate of drug-likeness (QED) is 0.262. The highest BCUT2D eigenvalue weighted by atomic mass is 16.5. The maximum Gasteiger partial charge on any atom is 0.306 e. The lowest BCUT2D eigenvalue weighted by atomic mass is 9.69. The zero-order valence-corrected chi connectivity index (χ0v) is 25.9. The number of nitrogens with one attached hydrogen (secondary N) is 1. The van der Waals surface area contributed by atoms with Gasteiger partial charge in [0, 0.05) is 44.0 Å². The molecule has 9 nitrogen and oxygen atoms in total. The van der Waals surface area contributed by atoms with Crippen LogP contribution in [0.15, 0.2) is 65.4 Å². The van der Waals surface area contributed by atoms with Crippen molar-refractivity contribution in [3.05, 3.63) is 77.9 Å². The zero-order valence-electron chi connectivity index (χ0n) is 25.9. The number of piperidine rings is 1. The monoisotopic (exact) mass is 600 g/mol. The fourth-order valence-corrected chi connectivity index (χ4v) is 6.75. The number of carbonyl (C=O) groups is 3. The molecule has 2 aromatic heterocycles. The van der Waals surface area contributed by atoms with Gasteiger partial charge in [-0.05, 0) is 79.8 Å². The zero-order chi connectivity index (χ0) is 30.9. The van der Waals surface area contributed by atoms with Crippen LogP contribution in [0, 0.1) is 12.3 Å². The lowest BCUT2D eigenvalue weighted by Gasteiger charge is -2.37. The number of aryl methyl sites for hydroxylation is 1. The number of rotatable bonds is 11. The van der Waals surface area contributed by atoms with Gasteiger partial charge in [-0.1, -0.05) is 43.5 Å². The number of amides is 2. The summed E-state index contributed by atoms with van der Waals surface area (Å²) in [5.41, 5.74) is 2.64. The van der Waals surface area contributed by atoms with Crippen LogP contribution in [0.3, 0.4) is 0 Å². The number of carbonyl (C=O) groups excluding carboxylic acids is 3. The molecule has 0 bridgehead atoms. The molecule has 234 valence electrons. The third-order valence-electron chi connectivity index (χ3n) is 9.20. The van der Waals surface area contributed by atoms with Gasteiger partial charge in [0.15, 0.2) is 5.76 Å². The van der Waals surface area contributed by atoms with Gasteiger partial charge in [-0.3, -0.25) is 19.3 Å². The number of anilines is 2. The molecule has 3 heterocycles. The number of hydrogen-bond donors (Lipinski definition) is 1. The molecular formula is C35H44N4O5. The summed E-state index contributed by atoms with van der Waals surface area (Å²) in [6, 6.07) is 15.3. The molecule has 2 aliphatic rings. The van der Waals surface area contributed by atoms with Gasteiger partial charge in [-0.25, -0.2) is 4.98 Å². The summed E-state index contributed by atoms with van der Waals surface area (Å²) in [4.78, 5) is 47.6. The molecule has 1 aliphatic heterocycles. The van der Waals surface area contributed by atoms with Crippen LogP contribution in [0.1, 0.15) is 79.5 Å². The first-order chi connectivity index (χ1) is 21.4. The number of hydrogen-bond acceptors (Lipinski definition) is 7. The molecule has 44 heavy (non-hydrogen) atoms. The van der Waals surface area contributed by atoms with E-state index in [4.69, 9.17) is 9.15 Å². The summed E-state index contributed by atoms with van der Waals surface area (Å²) < 4.78 is 10.4. The third-order valence-corrected chi connectivity index (χ3v) is 9.20. The van der Waals surface area contributed by atoms with E-state index in [1.54, 1.807) is 23.2 Å². The minimum atomic E-state index is -0.324. The molecule has 2 fully saturated rings. The lowest BCUT2D eigenvalue weighted by molar-refractivity contribution is -0.144. The molecule has 0 atom stereocenters. The number of nitrogens with zero attached hydrogens (tertiary/aromatic N) is 3. The average Bonchev–Trinajstić information content (AvgIpc) is 3.58. The van der Waals surface area contributed by atoms with E-state index in [-0.39, 0.29) is 29.2 Å². The minimum absolute atomic E-state index is 0.0164. The Morgan fingerprint density at radius 2 is 1.80 bits per heavy atom. The van der Waals surface area contributed by atoms with Crippen molar-refractivity contribution in [1.82, 2.24) is 9.88 Å². The van der Waals surface area contributed by atoms with Crippen LogP contribution in [-0.4, -0.2) is 60.5 Å². The number of likely N-dealkylation sites (tertiary alicyclic amines) is 1. The smallest absolute Gasteiger partial charge is 0.306 e. The Morgan fingerprint density at radius 1 is 1.02 bits per heavy atom. The molecule has 3 aromatic rings. The minimum Gasteiger partial charge on any atom is -0.469 e. The first kappa shape index (κ1) is 31.4. The Morgan fingerprint density at radius 3 is 2.48 bits per heavy atom. The summed E-state index contributed by atoms with van der Waals surface area (Å²) in [5.74, 6) is 0.494. The molecule has 9 heteroatoms.